The molecule has 1 unspecified atom stereocenters. The van der Waals surface area contributed by atoms with Crippen molar-refractivity contribution in [2.45, 2.75) is 25.3 Å². The third-order valence-corrected chi connectivity index (χ3v) is 7.19. The van der Waals surface area contributed by atoms with Gasteiger partial charge in [0.25, 0.3) is 0 Å². The average molecular weight is 511 g/mol. The highest BCUT2D eigenvalue weighted by Crippen LogP contribution is 2.39. The summed E-state index contributed by atoms with van der Waals surface area (Å²) in [6.07, 6.45) is 2.86. The summed E-state index contributed by atoms with van der Waals surface area (Å²) in [4.78, 5) is 19.6. The summed E-state index contributed by atoms with van der Waals surface area (Å²) in [7, 11) is 3.35. The summed E-state index contributed by atoms with van der Waals surface area (Å²) in [5.41, 5.74) is 4.74. The standard InChI is InChI=1S/C31H34N4O3/c1-37-28-20-24-16-18-35(27(25(24)21-29(28)38-2)14-12-22-8-4-3-5-9-22)19-17-32-31(36)34-30-15-13-23-10-6-7-11-26(23)33-30/h3-11,13,15,20-21,27H,12,14,16-19H2,1-2H3,(H2,32,33,34,36). The second kappa shape index (κ2) is 12.0. The van der Waals surface area contributed by atoms with Crippen LogP contribution in [0.5, 0.6) is 11.5 Å². The van der Waals surface area contributed by atoms with Crippen molar-refractivity contribution in [3.05, 3.63) is 95.6 Å². The number of amides is 2. The SMILES string of the molecule is COc1cc2c(cc1OC)C(CCc1ccccc1)N(CCNC(=O)Nc1ccc3ccccc3n1)CC2. The molecule has 196 valence electrons. The topological polar surface area (TPSA) is 75.7 Å². The Morgan fingerprint density at radius 1 is 0.974 bits per heavy atom. The van der Waals surface area contributed by atoms with Crippen LogP contribution in [0.15, 0.2) is 78.9 Å². The fourth-order valence-electron chi connectivity index (χ4n) is 5.24. The number of methoxy groups -OCH3 is 2. The first-order valence-electron chi connectivity index (χ1n) is 13.1. The highest BCUT2D eigenvalue weighted by molar-refractivity contribution is 5.90. The quantitative estimate of drug-likeness (QED) is 0.306. The maximum atomic E-state index is 12.6. The lowest BCUT2D eigenvalue weighted by atomic mass is 9.88. The van der Waals surface area contributed by atoms with E-state index in [-0.39, 0.29) is 12.1 Å². The Hall–Kier alpha value is -4.10. The Morgan fingerprint density at radius 2 is 1.74 bits per heavy atom. The van der Waals surface area contributed by atoms with Crippen molar-refractivity contribution in [1.29, 1.82) is 0 Å². The highest BCUT2D eigenvalue weighted by atomic mass is 16.5. The Morgan fingerprint density at radius 3 is 2.55 bits per heavy atom. The molecule has 0 saturated heterocycles. The van der Waals surface area contributed by atoms with Crippen molar-refractivity contribution in [3.63, 3.8) is 0 Å². The van der Waals surface area contributed by atoms with Crippen molar-refractivity contribution in [3.8, 4) is 11.5 Å². The van der Waals surface area contributed by atoms with Gasteiger partial charge in [0.2, 0.25) is 0 Å². The van der Waals surface area contributed by atoms with Crippen LogP contribution in [0.25, 0.3) is 10.9 Å². The van der Waals surface area contributed by atoms with Crippen LogP contribution in [-0.4, -0.2) is 49.8 Å². The zero-order chi connectivity index (χ0) is 26.3. The average Bonchev–Trinajstić information content (AvgIpc) is 2.96. The number of ether oxygens (including phenoxy) is 2. The number of urea groups is 1. The number of rotatable bonds is 9. The molecular weight excluding hydrogens is 476 g/mol. The van der Waals surface area contributed by atoms with Crippen LogP contribution in [-0.2, 0) is 12.8 Å². The molecule has 1 aliphatic rings. The molecular formula is C31H34N4O3. The largest absolute Gasteiger partial charge is 0.493 e. The molecule has 7 heteroatoms. The second-order valence-corrected chi connectivity index (χ2v) is 9.50. The molecule has 0 spiro atoms. The first-order valence-corrected chi connectivity index (χ1v) is 13.1. The van der Waals surface area contributed by atoms with E-state index in [0.29, 0.717) is 12.4 Å². The summed E-state index contributed by atoms with van der Waals surface area (Å²) >= 11 is 0. The maximum Gasteiger partial charge on any atom is 0.320 e. The van der Waals surface area contributed by atoms with Crippen molar-refractivity contribution < 1.29 is 14.3 Å². The van der Waals surface area contributed by atoms with Gasteiger partial charge in [-0.15, -0.1) is 0 Å². The molecule has 3 aromatic carbocycles. The van der Waals surface area contributed by atoms with Crippen LogP contribution in [0, 0.1) is 0 Å². The molecule has 2 heterocycles. The summed E-state index contributed by atoms with van der Waals surface area (Å²) in [6, 6.07) is 26.4. The number of hydrogen-bond acceptors (Lipinski definition) is 5. The maximum absolute atomic E-state index is 12.6. The molecule has 0 aliphatic carbocycles. The van der Waals surface area contributed by atoms with E-state index in [1.807, 2.05) is 42.5 Å². The predicted octanol–water partition coefficient (Wildman–Crippen LogP) is 5.61. The molecule has 2 N–H and O–H groups in total. The van der Waals surface area contributed by atoms with Crippen LogP contribution >= 0.6 is 0 Å². The first kappa shape index (κ1) is 25.5. The van der Waals surface area contributed by atoms with E-state index >= 15 is 0 Å². The van der Waals surface area contributed by atoms with E-state index in [2.05, 4.69) is 56.9 Å². The number of benzene rings is 3. The number of carbonyl (C=O) groups excluding carboxylic acids is 1. The van der Waals surface area contributed by atoms with Crippen LogP contribution in [0.1, 0.15) is 29.2 Å². The van der Waals surface area contributed by atoms with Crippen LogP contribution < -0.4 is 20.1 Å². The van der Waals surface area contributed by atoms with E-state index in [4.69, 9.17) is 9.47 Å². The number of fused-ring (bicyclic) bond motifs is 2. The van der Waals surface area contributed by atoms with Crippen LogP contribution in [0.4, 0.5) is 10.6 Å². The molecule has 0 saturated carbocycles. The lowest BCUT2D eigenvalue weighted by molar-refractivity contribution is 0.176. The molecule has 4 aromatic rings. The summed E-state index contributed by atoms with van der Waals surface area (Å²) < 4.78 is 11.2. The van der Waals surface area contributed by atoms with Gasteiger partial charge >= 0.3 is 6.03 Å². The number of para-hydroxylation sites is 1. The Labute approximate surface area is 223 Å². The van der Waals surface area contributed by atoms with Gasteiger partial charge in [0.1, 0.15) is 5.82 Å². The molecule has 1 aliphatic heterocycles. The number of nitrogens with one attached hydrogen (secondary N) is 2. The van der Waals surface area contributed by atoms with Crippen molar-refractivity contribution >= 4 is 22.8 Å². The normalized spacial score (nSPS) is 15.1. The van der Waals surface area contributed by atoms with E-state index in [1.54, 1.807) is 14.2 Å². The van der Waals surface area contributed by atoms with Gasteiger partial charge in [-0.25, -0.2) is 9.78 Å². The second-order valence-electron chi connectivity index (χ2n) is 9.50. The monoisotopic (exact) mass is 510 g/mol. The fraction of sp³-hybridized carbons (Fsp3) is 0.290. The Bertz CT molecular complexity index is 1390. The molecule has 38 heavy (non-hydrogen) atoms. The minimum atomic E-state index is -0.252. The van der Waals surface area contributed by atoms with Gasteiger partial charge in [0, 0.05) is 31.1 Å². The first-order chi connectivity index (χ1) is 18.6. The minimum absolute atomic E-state index is 0.214. The molecule has 1 atom stereocenters. The predicted molar refractivity (Wildman–Crippen MR) is 151 cm³/mol. The number of anilines is 1. The third kappa shape index (κ3) is 5.89. The summed E-state index contributed by atoms with van der Waals surface area (Å²) in [6.45, 7) is 2.19. The van der Waals surface area contributed by atoms with Gasteiger partial charge in [-0.2, -0.15) is 0 Å². The molecule has 5 rings (SSSR count). The van der Waals surface area contributed by atoms with Gasteiger partial charge in [0.15, 0.2) is 11.5 Å². The van der Waals surface area contributed by atoms with Crippen molar-refractivity contribution in [1.82, 2.24) is 15.2 Å². The molecule has 0 radical (unpaired) electrons. The lowest BCUT2D eigenvalue weighted by Gasteiger charge is -2.38. The molecule has 7 nitrogen and oxygen atoms in total. The number of aryl methyl sites for hydroxylation is 1. The summed E-state index contributed by atoms with van der Waals surface area (Å²) in [5, 5.41) is 6.91. The highest BCUT2D eigenvalue weighted by Gasteiger charge is 2.28. The van der Waals surface area contributed by atoms with E-state index in [1.165, 1.54) is 16.7 Å². The van der Waals surface area contributed by atoms with Gasteiger partial charge < -0.3 is 14.8 Å². The number of pyridine rings is 1. The number of carbonyl (C=O) groups is 1. The van der Waals surface area contributed by atoms with Crippen molar-refractivity contribution in [2.24, 2.45) is 0 Å². The Kier molecular flexibility index (Phi) is 8.04. The molecule has 0 fully saturated rings. The van der Waals surface area contributed by atoms with E-state index in [9.17, 15) is 4.79 Å². The van der Waals surface area contributed by atoms with Crippen LogP contribution in [0.2, 0.25) is 0 Å². The number of nitrogens with zero attached hydrogens (tertiary/aromatic N) is 2. The number of hydrogen-bond donors (Lipinski definition) is 2. The van der Waals surface area contributed by atoms with Gasteiger partial charge in [-0.05, 0) is 66.3 Å². The van der Waals surface area contributed by atoms with Crippen molar-refractivity contribution in [2.75, 3.05) is 39.2 Å². The van der Waals surface area contributed by atoms with E-state index < -0.39 is 0 Å². The minimum Gasteiger partial charge on any atom is -0.493 e. The summed E-state index contributed by atoms with van der Waals surface area (Å²) in [5.74, 6) is 2.05. The zero-order valence-corrected chi connectivity index (χ0v) is 21.9. The Balaban J connectivity index is 1.26. The molecule has 0 bridgehead atoms. The fourth-order valence-corrected chi connectivity index (χ4v) is 5.24. The van der Waals surface area contributed by atoms with E-state index in [0.717, 1.165) is 54.8 Å². The zero-order valence-electron chi connectivity index (χ0n) is 21.9. The van der Waals surface area contributed by atoms with Gasteiger partial charge in [-0.1, -0.05) is 48.5 Å². The smallest absolute Gasteiger partial charge is 0.320 e. The molecule has 2 amide bonds. The van der Waals surface area contributed by atoms with Crippen LogP contribution in [0.3, 0.4) is 0 Å². The number of aromatic nitrogens is 1. The lowest BCUT2D eigenvalue weighted by Crippen LogP contribution is -2.42. The third-order valence-electron chi connectivity index (χ3n) is 7.19. The van der Waals surface area contributed by atoms with Gasteiger partial charge in [-0.3, -0.25) is 10.2 Å². The van der Waals surface area contributed by atoms with Gasteiger partial charge in [0.05, 0.1) is 19.7 Å². The molecule has 1 aromatic heterocycles.